The summed E-state index contributed by atoms with van der Waals surface area (Å²) in [5, 5.41) is 11.4. The van der Waals surface area contributed by atoms with Crippen LogP contribution in [-0.4, -0.2) is 53.1 Å². The van der Waals surface area contributed by atoms with Crippen LogP contribution in [0.1, 0.15) is 61.8 Å². The second-order valence-corrected chi connectivity index (χ2v) is 9.74. The van der Waals surface area contributed by atoms with E-state index in [-0.39, 0.29) is 17.9 Å². The number of hydrogen-bond acceptors (Lipinski definition) is 4. The molecule has 3 aliphatic rings. The Kier molecular flexibility index (Phi) is 6.30. The van der Waals surface area contributed by atoms with E-state index in [1.165, 1.54) is 30.7 Å². The van der Waals surface area contributed by atoms with Gasteiger partial charge in [0.1, 0.15) is 5.88 Å². The van der Waals surface area contributed by atoms with E-state index in [2.05, 4.69) is 11.0 Å². The first-order chi connectivity index (χ1) is 13.2. The van der Waals surface area contributed by atoms with Crippen molar-refractivity contribution in [1.29, 1.82) is 0 Å². The molecule has 1 aliphatic heterocycles. The number of thiophene rings is 1. The van der Waals surface area contributed by atoms with Crippen LogP contribution in [-0.2, 0) is 17.6 Å². The lowest BCUT2D eigenvalue weighted by Gasteiger charge is -2.45. The van der Waals surface area contributed by atoms with Gasteiger partial charge in [-0.25, -0.2) is 0 Å². The molecule has 6 heteroatoms. The summed E-state index contributed by atoms with van der Waals surface area (Å²) in [6.07, 6.45) is 11.0. The van der Waals surface area contributed by atoms with Crippen LogP contribution in [0.2, 0.25) is 0 Å². The molecule has 0 spiro atoms. The summed E-state index contributed by atoms with van der Waals surface area (Å²) in [7, 11) is 0. The maximum absolute atomic E-state index is 11.9. The van der Waals surface area contributed by atoms with Crippen LogP contribution in [0.4, 0.5) is 5.00 Å². The smallest absolute Gasteiger partial charge is 0.237 e. The van der Waals surface area contributed by atoms with Crippen molar-refractivity contribution in [2.45, 2.75) is 82.4 Å². The van der Waals surface area contributed by atoms with Gasteiger partial charge < -0.3 is 14.9 Å². The van der Waals surface area contributed by atoms with E-state index in [1.54, 1.807) is 10.4 Å². The summed E-state index contributed by atoms with van der Waals surface area (Å²) < 4.78 is 0. The highest BCUT2D eigenvalue weighted by Gasteiger charge is 2.34. The minimum absolute atomic E-state index is 0.0639. The highest BCUT2D eigenvalue weighted by Crippen LogP contribution is 2.40. The molecule has 27 heavy (non-hydrogen) atoms. The van der Waals surface area contributed by atoms with Gasteiger partial charge in [-0.3, -0.25) is 4.79 Å². The zero-order valence-electron chi connectivity index (χ0n) is 16.0. The predicted octanol–water partition coefficient (Wildman–Crippen LogP) is 3.97. The van der Waals surface area contributed by atoms with Gasteiger partial charge in [0.2, 0.25) is 5.91 Å². The summed E-state index contributed by atoms with van der Waals surface area (Å²) >= 11 is 7.75. The Morgan fingerprint density at radius 3 is 2.44 bits per heavy atom. The van der Waals surface area contributed by atoms with Crippen LogP contribution in [0.5, 0.6) is 0 Å². The number of hydrogen-bond donors (Lipinski definition) is 1. The number of aliphatic hydroxyl groups excluding tert-OH is 1. The van der Waals surface area contributed by atoms with Crippen LogP contribution in [0.3, 0.4) is 0 Å². The number of piperidine rings is 1. The van der Waals surface area contributed by atoms with E-state index in [0.717, 1.165) is 51.6 Å². The lowest BCUT2D eigenvalue weighted by molar-refractivity contribution is -0.129. The second kappa shape index (κ2) is 8.71. The van der Waals surface area contributed by atoms with Crippen LogP contribution in [0.25, 0.3) is 0 Å². The molecule has 2 fully saturated rings. The van der Waals surface area contributed by atoms with Gasteiger partial charge in [0, 0.05) is 30.1 Å². The summed E-state index contributed by atoms with van der Waals surface area (Å²) in [5.74, 6) is 0.154. The number of carbonyl (C=O) groups is 1. The van der Waals surface area contributed by atoms with Gasteiger partial charge in [0.05, 0.1) is 11.1 Å². The number of alkyl halides is 1. The van der Waals surface area contributed by atoms with Gasteiger partial charge in [-0.05, 0) is 75.8 Å². The van der Waals surface area contributed by atoms with Crippen molar-refractivity contribution >= 4 is 33.8 Å². The lowest BCUT2D eigenvalue weighted by atomic mass is 9.89. The molecule has 4 nitrogen and oxygen atoms in total. The zero-order chi connectivity index (χ0) is 18.8. The molecule has 1 saturated heterocycles. The third kappa shape index (κ3) is 4.30. The Labute approximate surface area is 171 Å². The number of anilines is 1. The second-order valence-electron chi connectivity index (χ2n) is 8.36. The molecule has 2 heterocycles. The lowest BCUT2D eigenvalue weighted by Crippen LogP contribution is -2.51. The number of halogens is 1. The first-order valence-electron chi connectivity index (χ1n) is 10.6. The number of aliphatic hydroxyl groups is 1. The molecular weight excluding hydrogens is 380 g/mol. The van der Waals surface area contributed by atoms with Crippen molar-refractivity contribution in [3.8, 4) is 0 Å². The molecule has 2 aliphatic carbocycles. The van der Waals surface area contributed by atoms with Crippen LogP contribution >= 0.6 is 22.9 Å². The van der Waals surface area contributed by atoms with Crippen LogP contribution in [0, 0.1) is 0 Å². The fraction of sp³-hybridized carbons (Fsp3) is 0.762. The first kappa shape index (κ1) is 19.5. The largest absolute Gasteiger partial charge is 0.393 e. The quantitative estimate of drug-likeness (QED) is 0.764. The third-order valence-electron chi connectivity index (χ3n) is 6.62. The highest BCUT2D eigenvalue weighted by atomic mass is 35.5. The van der Waals surface area contributed by atoms with E-state index < -0.39 is 0 Å². The Hall–Kier alpha value is -0.780. The molecule has 4 rings (SSSR count). The topological polar surface area (TPSA) is 43.8 Å². The summed E-state index contributed by atoms with van der Waals surface area (Å²) in [6, 6.07) is 3.47. The molecule has 0 radical (unpaired) electrons. The van der Waals surface area contributed by atoms with Crippen molar-refractivity contribution < 1.29 is 9.90 Å². The van der Waals surface area contributed by atoms with E-state index in [1.807, 2.05) is 16.2 Å². The van der Waals surface area contributed by atoms with E-state index in [4.69, 9.17) is 11.6 Å². The number of aryl methyl sites for hydroxylation is 2. The fourth-order valence-corrected chi connectivity index (χ4v) is 6.64. The number of fused-ring (bicyclic) bond motifs is 1. The van der Waals surface area contributed by atoms with Crippen molar-refractivity contribution in [1.82, 2.24) is 4.90 Å². The van der Waals surface area contributed by atoms with E-state index in [0.29, 0.717) is 12.1 Å². The third-order valence-corrected chi connectivity index (χ3v) is 8.10. The number of carbonyl (C=O) groups excluding carboxylic acids is 1. The summed E-state index contributed by atoms with van der Waals surface area (Å²) in [4.78, 5) is 18.1. The SMILES string of the molecule is O=C(CCl)N1CCC(N(c2cc3c(s2)CCCC3)C2CCC(O)CC2)CC1. The normalized spacial score (nSPS) is 26.7. The molecule has 1 amide bonds. The van der Waals surface area contributed by atoms with Crippen molar-refractivity contribution in [3.63, 3.8) is 0 Å². The van der Waals surface area contributed by atoms with Crippen molar-refractivity contribution in [2.24, 2.45) is 0 Å². The Morgan fingerprint density at radius 1 is 1.11 bits per heavy atom. The number of rotatable bonds is 4. The molecule has 1 aromatic rings. The summed E-state index contributed by atoms with van der Waals surface area (Å²) in [6.45, 7) is 1.63. The number of nitrogens with zero attached hydrogens (tertiary/aromatic N) is 2. The van der Waals surface area contributed by atoms with E-state index >= 15 is 0 Å². The zero-order valence-corrected chi connectivity index (χ0v) is 17.6. The standard InChI is InChI=1S/C21H31ClN2O2S/c22-14-20(26)23-11-9-17(10-12-23)24(16-5-7-18(25)8-6-16)21-13-15-3-1-2-4-19(15)27-21/h13,16-18,25H,1-12,14H2. The van der Waals surface area contributed by atoms with Crippen LogP contribution in [0.15, 0.2) is 6.07 Å². The molecule has 1 aromatic heterocycles. The molecule has 0 aromatic carbocycles. The van der Waals surface area contributed by atoms with Crippen molar-refractivity contribution in [2.75, 3.05) is 23.9 Å². The monoisotopic (exact) mass is 410 g/mol. The van der Waals surface area contributed by atoms with Gasteiger partial charge in [0.15, 0.2) is 0 Å². The maximum atomic E-state index is 11.9. The number of likely N-dealkylation sites (tertiary alicyclic amines) is 1. The number of amides is 1. The molecule has 0 atom stereocenters. The minimum atomic E-state index is -0.122. The van der Waals surface area contributed by atoms with Crippen LogP contribution < -0.4 is 4.90 Å². The Morgan fingerprint density at radius 2 is 1.78 bits per heavy atom. The van der Waals surface area contributed by atoms with Gasteiger partial charge in [-0.1, -0.05) is 0 Å². The van der Waals surface area contributed by atoms with Gasteiger partial charge in [-0.2, -0.15) is 0 Å². The maximum Gasteiger partial charge on any atom is 0.237 e. The molecular formula is C21H31ClN2O2S. The average molecular weight is 411 g/mol. The molecule has 1 N–H and O–H groups in total. The average Bonchev–Trinajstić information content (AvgIpc) is 3.13. The predicted molar refractivity (Wildman–Crippen MR) is 112 cm³/mol. The molecule has 0 unspecified atom stereocenters. The first-order valence-corrected chi connectivity index (χ1v) is 11.9. The molecule has 0 bridgehead atoms. The van der Waals surface area contributed by atoms with E-state index in [9.17, 15) is 9.90 Å². The Balaban J connectivity index is 1.53. The molecule has 150 valence electrons. The van der Waals surface area contributed by atoms with Gasteiger partial charge in [-0.15, -0.1) is 22.9 Å². The highest BCUT2D eigenvalue weighted by molar-refractivity contribution is 7.16. The fourth-order valence-electron chi connectivity index (χ4n) is 5.07. The van der Waals surface area contributed by atoms with Crippen molar-refractivity contribution in [3.05, 3.63) is 16.5 Å². The summed E-state index contributed by atoms with van der Waals surface area (Å²) in [5.41, 5.74) is 1.57. The Bertz CT molecular complexity index is 625. The van der Waals surface area contributed by atoms with Gasteiger partial charge in [0.25, 0.3) is 0 Å². The molecule has 1 saturated carbocycles. The van der Waals surface area contributed by atoms with Gasteiger partial charge >= 0.3 is 0 Å². The minimum Gasteiger partial charge on any atom is -0.393 e.